The monoisotopic (exact) mass is 392 g/mol. The van der Waals surface area contributed by atoms with Crippen LogP contribution in [0, 0.1) is 5.92 Å². The number of nitrogen functional groups attached to an aromatic ring is 1. The molecule has 2 aromatic carbocycles. The Morgan fingerprint density at radius 3 is 2.57 bits per heavy atom. The SMILES string of the molecule is CC(C)CNc1nc(-c2cccc(Cl)c2)c2c(N)n(-c3ccccc3)nc2n1. The lowest BCUT2D eigenvalue weighted by Crippen LogP contribution is -2.11. The molecule has 0 aliphatic heterocycles. The number of halogens is 1. The molecule has 4 aromatic rings. The minimum atomic E-state index is 0.459. The Morgan fingerprint density at radius 1 is 1.07 bits per heavy atom. The predicted molar refractivity (Wildman–Crippen MR) is 115 cm³/mol. The summed E-state index contributed by atoms with van der Waals surface area (Å²) in [6.07, 6.45) is 0. The van der Waals surface area contributed by atoms with Gasteiger partial charge in [0.2, 0.25) is 5.95 Å². The summed E-state index contributed by atoms with van der Waals surface area (Å²) in [5.74, 6) is 1.47. The van der Waals surface area contributed by atoms with E-state index in [-0.39, 0.29) is 0 Å². The van der Waals surface area contributed by atoms with Crippen molar-refractivity contribution in [3.8, 4) is 16.9 Å². The van der Waals surface area contributed by atoms with Gasteiger partial charge >= 0.3 is 0 Å². The maximum Gasteiger partial charge on any atom is 0.225 e. The first-order valence-corrected chi connectivity index (χ1v) is 9.52. The summed E-state index contributed by atoms with van der Waals surface area (Å²) in [5, 5.41) is 9.27. The second kappa shape index (κ2) is 7.48. The van der Waals surface area contributed by atoms with Crippen molar-refractivity contribution in [3.63, 3.8) is 0 Å². The van der Waals surface area contributed by atoms with E-state index in [1.165, 1.54) is 0 Å². The summed E-state index contributed by atoms with van der Waals surface area (Å²) < 4.78 is 1.69. The van der Waals surface area contributed by atoms with Crippen molar-refractivity contribution in [3.05, 3.63) is 59.6 Å². The van der Waals surface area contributed by atoms with Crippen molar-refractivity contribution in [1.82, 2.24) is 19.7 Å². The van der Waals surface area contributed by atoms with Gasteiger partial charge in [-0.05, 0) is 30.2 Å². The summed E-state index contributed by atoms with van der Waals surface area (Å²) in [6, 6.07) is 17.3. The van der Waals surface area contributed by atoms with Crippen LogP contribution < -0.4 is 11.1 Å². The number of hydrogen-bond acceptors (Lipinski definition) is 5. The topological polar surface area (TPSA) is 81.6 Å². The Morgan fingerprint density at radius 2 is 1.86 bits per heavy atom. The number of para-hydroxylation sites is 1. The van der Waals surface area contributed by atoms with E-state index >= 15 is 0 Å². The van der Waals surface area contributed by atoms with Crippen molar-refractivity contribution < 1.29 is 0 Å². The first kappa shape index (κ1) is 18.3. The predicted octanol–water partition coefficient (Wildman–Crippen LogP) is 4.79. The van der Waals surface area contributed by atoms with Crippen molar-refractivity contribution in [1.29, 1.82) is 0 Å². The zero-order valence-electron chi connectivity index (χ0n) is 15.7. The number of aromatic nitrogens is 4. The molecule has 0 radical (unpaired) electrons. The van der Waals surface area contributed by atoms with Gasteiger partial charge in [-0.25, -0.2) is 9.67 Å². The lowest BCUT2D eigenvalue weighted by atomic mass is 10.1. The molecule has 0 aliphatic carbocycles. The smallest absolute Gasteiger partial charge is 0.225 e. The summed E-state index contributed by atoms with van der Waals surface area (Å²) in [4.78, 5) is 9.33. The van der Waals surface area contributed by atoms with Gasteiger partial charge in [0, 0.05) is 17.1 Å². The molecule has 0 fully saturated rings. The van der Waals surface area contributed by atoms with Crippen LogP contribution in [0.1, 0.15) is 13.8 Å². The molecule has 28 heavy (non-hydrogen) atoms. The third-order valence-corrected chi connectivity index (χ3v) is 4.57. The minimum absolute atomic E-state index is 0.459. The molecule has 6 nitrogen and oxygen atoms in total. The molecule has 0 unspecified atom stereocenters. The maximum absolute atomic E-state index is 6.49. The highest BCUT2D eigenvalue weighted by atomic mass is 35.5. The first-order valence-electron chi connectivity index (χ1n) is 9.14. The van der Waals surface area contributed by atoms with Crippen LogP contribution in [0.15, 0.2) is 54.6 Å². The van der Waals surface area contributed by atoms with Crippen LogP contribution >= 0.6 is 11.6 Å². The fraction of sp³-hybridized carbons (Fsp3) is 0.190. The van der Waals surface area contributed by atoms with Crippen LogP contribution in [-0.2, 0) is 0 Å². The van der Waals surface area contributed by atoms with E-state index in [1.54, 1.807) is 4.68 Å². The van der Waals surface area contributed by atoms with E-state index in [2.05, 4.69) is 29.2 Å². The largest absolute Gasteiger partial charge is 0.383 e. The Kier molecular flexibility index (Phi) is 4.88. The lowest BCUT2D eigenvalue weighted by molar-refractivity contribution is 0.685. The third-order valence-electron chi connectivity index (χ3n) is 4.34. The second-order valence-corrected chi connectivity index (χ2v) is 7.45. The molecule has 2 aromatic heterocycles. The molecule has 142 valence electrons. The van der Waals surface area contributed by atoms with Crippen LogP contribution in [0.3, 0.4) is 0 Å². The molecule has 0 spiro atoms. The number of nitrogens with zero attached hydrogens (tertiary/aromatic N) is 4. The van der Waals surface area contributed by atoms with Crippen LogP contribution in [0.4, 0.5) is 11.8 Å². The molecule has 3 N–H and O–H groups in total. The molecule has 2 heterocycles. The Balaban J connectivity index is 1.94. The Hall–Kier alpha value is -3.12. The van der Waals surface area contributed by atoms with Gasteiger partial charge in [-0.1, -0.05) is 55.8 Å². The first-order chi connectivity index (χ1) is 13.5. The Labute approximate surface area is 168 Å². The minimum Gasteiger partial charge on any atom is -0.383 e. The molecular weight excluding hydrogens is 372 g/mol. The molecule has 0 saturated heterocycles. The average molecular weight is 393 g/mol. The zero-order valence-corrected chi connectivity index (χ0v) is 16.5. The molecule has 4 rings (SSSR count). The van der Waals surface area contributed by atoms with Gasteiger partial charge in [0.15, 0.2) is 5.65 Å². The molecule has 0 amide bonds. The van der Waals surface area contributed by atoms with Gasteiger partial charge in [0.1, 0.15) is 5.82 Å². The van der Waals surface area contributed by atoms with E-state index < -0.39 is 0 Å². The van der Waals surface area contributed by atoms with Crippen molar-refractivity contribution in [2.75, 3.05) is 17.6 Å². The maximum atomic E-state index is 6.49. The second-order valence-electron chi connectivity index (χ2n) is 7.01. The van der Waals surface area contributed by atoms with Crippen LogP contribution in [0.25, 0.3) is 28.0 Å². The number of fused-ring (bicyclic) bond motifs is 1. The van der Waals surface area contributed by atoms with Gasteiger partial charge in [-0.3, -0.25) is 0 Å². The number of hydrogen-bond donors (Lipinski definition) is 2. The zero-order chi connectivity index (χ0) is 19.7. The standard InChI is InChI=1S/C21H21ClN6/c1-13(2)12-24-21-25-18(14-7-6-8-15(22)11-14)17-19(23)28(27-20(17)26-21)16-9-4-3-5-10-16/h3-11,13H,12,23H2,1-2H3,(H,24,26,27). The molecular formula is C21H21ClN6. The quantitative estimate of drug-likeness (QED) is 0.510. The third kappa shape index (κ3) is 3.51. The number of nitrogens with one attached hydrogen (secondary N) is 1. The normalized spacial score (nSPS) is 11.3. The summed E-state index contributed by atoms with van der Waals surface area (Å²) in [5.41, 5.74) is 9.47. The van der Waals surface area contributed by atoms with Gasteiger partial charge in [-0.15, -0.1) is 5.10 Å². The van der Waals surface area contributed by atoms with Gasteiger partial charge in [0.25, 0.3) is 0 Å². The summed E-state index contributed by atoms with van der Waals surface area (Å²) in [7, 11) is 0. The fourth-order valence-electron chi connectivity index (χ4n) is 3.00. The van der Waals surface area contributed by atoms with Crippen molar-refractivity contribution in [2.45, 2.75) is 13.8 Å². The number of benzene rings is 2. The molecule has 0 saturated carbocycles. The number of rotatable bonds is 5. The van der Waals surface area contributed by atoms with E-state index in [1.807, 2.05) is 54.6 Å². The van der Waals surface area contributed by atoms with Gasteiger partial charge in [-0.2, -0.15) is 4.98 Å². The highest BCUT2D eigenvalue weighted by Crippen LogP contribution is 2.33. The van der Waals surface area contributed by atoms with E-state index in [0.29, 0.717) is 39.4 Å². The lowest BCUT2D eigenvalue weighted by Gasteiger charge is -2.10. The average Bonchev–Trinajstić information content (AvgIpc) is 3.03. The number of nitrogens with two attached hydrogens (primary N) is 1. The molecule has 7 heteroatoms. The van der Waals surface area contributed by atoms with Crippen LogP contribution in [-0.4, -0.2) is 26.3 Å². The Bertz CT molecular complexity index is 1120. The van der Waals surface area contributed by atoms with E-state index in [0.717, 1.165) is 17.8 Å². The molecule has 0 atom stereocenters. The van der Waals surface area contributed by atoms with Crippen molar-refractivity contribution in [2.24, 2.45) is 5.92 Å². The number of anilines is 2. The highest BCUT2D eigenvalue weighted by molar-refractivity contribution is 6.30. The van der Waals surface area contributed by atoms with Gasteiger partial charge < -0.3 is 11.1 Å². The highest BCUT2D eigenvalue weighted by Gasteiger charge is 2.19. The van der Waals surface area contributed by atoms with Gasteiger partial charge in [0.05, 0.1) is 16.8 Å². The van der Waals surface area contributed by atoms with Crippen molar-refractivity contribution >= 4 is 34.4 Å². The molecule has 0 aliphatic rings. The summed E-state index contributed by atoms with van der Waals surface area (Å²) >= 11 is 6.22. The van der Waals surface area contributed by atoms with Crippen LogP contribution in [0.5, 0.6) is 0 Å². The van der Waals surface area contributed by atoms with E-state index in [9.17, 15) is 0 Å². The fourth-order valence-corrected chi connectivity index (χ4v) is 3.19. The van der Waals surface area contributed by atoms with Crippen LogP contribution in [0.2, 0.25) is 5.02 Å². The molecule has 0 bridgehead atoms. The van der Waals surface area contributed by atoms with E-state index in [4.69, 9.17) is 22.3 Å². The summed E-state index contributed by atoms with van der Waals surface area (Å²) in [6.45, 7) is 5.02.